The van der Waals surface area contributed by atoms with Crippen LogP contribution in [-0.4, -0.2) is 80.6 Å². The molecular weight excluding hydrogens is 805 g/mol. The highest BCUT2D eigenvalue weighted by Gasteiger charge is 2.51. The molecule has 15 heteroatoms. The highest BCUT2D eigenvalue weighted by Crippen LogP contribution is 2.44. The number of rotatable bonds is 7. The maximum Gasteiger partial charge on any atom is 0.411 e. The minimum absolute atomic E-state index is 0.00814. The van der Waals surface area contributed by atoms with Gasteiger partial charge in [0.05, 0.1) is 40.4 Å². The zero-order chi connectivity index (χ0) is 44.5. The van der Waals surface area contributed by atoms with Crippen LogP contribution in [0, 0.1) is 0 Å². The molecule has 1 fully saturated rings. The monoisotopic (exact) mass is 854 g/mol. The van der Waals surface area contributed by atoms with Gasteiger partial charge in [0.1, 0.15) is 23.9 Å². The van der Waals surface area contributed by atoms with E-state index in [1.54, 1.807) is 51.6 Å². The number of carbonyl (C=O) groups excluding carboxylic acids is 3. The summed E-state index contributed by atoms with van der Waals surface area (Å²) >= 11 is 0. The number of phenolic OH excluding ortho intramolecular Hbond substituents is 3. The van der Waals surface area contributed by atoms with Crippen molar-refractivity contribution < 1.29 is 39.2 Å². The average Bonchev–Trinajstić information content (AvgIpc) is 3.56. The maximum atomic E-state index is 14.2. The molecule has 63 heavy (non-hydrogen) atoms. The normalized spacial score (nSPS) is 18.5. The molecule has 9 rings (SSSR count). The summed E-state index contributed by atoms with van der Waals surface area (Å²) in [7, 11) is 0. The molecule has 4 aliphatic heterocycles. The highest BCUT2D eigenvalue weighted by molar-refractivity contribution is 6.07. The lowest BCUT2D eigenvalue weighted by Gasteiger charge is -2.39. The predicted octanol–water partition coefficient (Wildman–Crippen LogP) is 7.20. The van der Waals surface area contributed by atoms with Gasteiger partial charge in [0, 0.05) is 66.6 Å². The van der Waals surface area contributed by atoms with Gasteiger partial charge in [-0.3, -0.25) is 9.69 Å². The number of aromatic nitrogens is 2. The van der Waals surface area contributed by atoms with E-state index in [4.69, 9.17) is 14.5 Å². The zero-order valence-corrected chi connectivity index (χ0v) is 35.9. The van der Waals surface area contributed by atoms with E-state index < -0.39 is 17.7 Å². The minimum Gasteiger partial charge on any atom is -0.508 e. The van der Waals surface area contributed by atoms with Gasteiger partial charge in [-0.2, -0.15) is 0 Å². The number of hydrogen-bond donors (Lipinski definition) is 4. The van der Waals surface area contributed by atoms with Crippen LogP contribution >= 0.6 is 0 Å². The third-order valence-corrected chi connectivity index (χ3v) is 13.0. The lowest BCUT2D eigenvalue weighted by atomic mass is 9.85. The Morgan fingerprint density at radius 3 is 2.35 bits per heavy atom. The Morgan fingerprint density at radius 2 is 1.65 bits per heavy atom. The number of nitrogens with zero attached hydrogens (tertiary/aromatic N) is 5. The van der Waals surface area contributed by atoms with Gasteiger partial charge in [-0.1, -0.05) is 27.7 Å². The van der Waals surface area contributed by atoms with Gasteiger partial charge in [-0.15, -0.1) is 0 Å². The van der Waals surface area contributed by atoms with Gasteiger partial charge < -0.3 is 44.5 Å². The van der Waals surface area contributed by atoms with E-state index in [0.717, 1.165) is 27.8 Å². The van der Waals surface area contributed by atoms with Gasteiger partial charge in [0.25, 0.3) is 5.56 Å². The van der Waals surface area contributed by atoms with Crippen molar-refractivity contribution in [1.82, 2.24) is 19.8 Å². The van der Waals surface area contributed by atoms with E-state index in [9.17, 15) is 34.5 Å². The van der Waals surface area contributed by atoms with E-state index >= 15 is 0 Å². The van der Waals surface area contributed by atoms with Crippen LogP contribution in [0.25, 0.3) is 28.0 Å². The van der Waals surface area contributed by atoms with Crippen LogP contribution in [0.5, 0.6) is 17.2 Å². The number of piperazine rings is 1. The standard InChI is InChI=1S/C48H50N6O9/c1-6-31-33-20-30(55)12-13-38(33)50-42-35(31)24-53-39(42)22-37-36(44(53)58)25-62-45(59)48(37,7-2)63-47(61)52-18-16-51(17-19-52)28-8-10-29(11-9-28)54-43(27(5)14-15-49-46(54)60)34-21-32(26(3)4)40(56)23-41(34)57/h8-13,20-23,26,55-57H,6-7,14-19,24-25H2,1-5H3,(H,49,60). The maximum absolute atomic E-state index is 14.2. The van der Waals surface area contributed by atoms with Crippen molar-refractivity contribution in [2.45, 2.75) is 78.6 Å². The Labute approximate surface area is 363 Å². The van der Waals surface area contributed by atoms with Crippen LogP contribution in [0.4, 0.5) is 21.0 Å². The summed E-state index contributed by atoms with van der Waals surface area (Å²) < 4.78 is 13.4. The molecule has 0 aliphatic carbocycles. The van der Waals surface area contributed by atoms with Crippen molar-refractivity contribution in [3.05, 3.63) is 110 Å². The molecular formula is C48H50N6O9. The fourth-order valence-electron chi connectivity index (χ4n) is 9.57. The van der Waals surface area contributed by atoms with Crippen LogP contribution in [-0.2, 0) is 39.4 Å². The first-order valence-corrected chi connectivity index (χ1v) is 21.5. The number of phenols is 3. The van der Waals surface area contributed by atoms with E-state index in [2.05, 4.69) is 10.2 Å². The molecule has 15 nitrogen and oxygen atoms in total. The first-order chi connectivity index (χ1) is 30.2. The van der Waals surface area contributed by atoms with Crippen molar-refractivity contribution in [2.24, 2.45) is 0 Å². The van der Waals surface area contributed by atoms with Crippen LogP contribution < -0.4 is 20.7 Å². The third-order valence-electron chi connectivity index (χ3n) is 13.0. The predicted molar refractivity (Wildman–Crippen MR) is 237 cm³/mol. The number of amides is 3. The van der Waals surface area contributed by atoms with E-state index in [1.165, 1.54) is 6.07 Å². The molecule has 0 saturated carbocycles. The van der Waals surface area contributed by atoms with Gasteiger partial charge in [-0.05, 0) is 103 Å². The molecule has 326 valence electrons. The Hall–Kier alpha value is -7.03. The van der Waals surface area contributed by atoms with Gasteiger partial charge in [-0.25, -0.2) is 19.4 Å². The van der Waals surface area contributed by atoms with E-state index in [-0.39, 0.29) is 73.0 Å². The molecule has 6 heterocycles. The van der Waals surface area contributed by atoms with Crippen molar-refractivity contribution in [1.29, 1.82) is 0 Å². The molecule has 2 aromatic heterocycles. The molecule has 1 saturated heterocycles. The highest BCUT2D eigenvalue weighted by atomic mass is 16.6. The fraction of sp³-hybridized carbons (Fsp3) is 0.354. The quantitative estimate of drug-likeness (QED) is 0.119. The number of anilines is 2. The summed E-state index contributed by atoms with van der Waals surface area (Å²) in [5, 5.41) is 35.6. The number of benzene rings is 3. The third kappa shape index (κ3) is 6.77. The Bertz CT molecular complexity index is 2820. The Kier molecular flexibility index (Phi) is 10.3. The van der Waals surface area contributed by atoms with Crippen molar-refractivity contribution in [2.75, 3.05) is 42.5 Å². The molecule has 4 N–H and O–H groups in total. The number of hydrogen-bond acceptors (Lipinski definition) is 11. The summed E-state index contributed by atoms with van der Waals surface area (Å²) in [6.07, 6.45) is 0.556. The minimum atomic E-state index is -1.86. The first-order valence-electron chi connectivity index (χ1n) is 21.5. The number of nitrogens with one attached hydrogen (secondary N) is 1. The number of ether oxygens (including phenoxy) is 2. The van der Waals surface area contributed by atoms with E-state index in [0.29, 0.717) is 77.5 Å². The smallest absolute Gasteiger partial charge is 0.411 e. The Balaban J connectivity index is 0.946. The molecule has 1 atom stereocenters. The van der Waals surface area contributed by atoms with Crippen molar-refractivity contribution in [3.8, 4) is 28.6 Å². The van der Waals surface area contributed by atoms with Gasteiger partial charge in [0.2, 0.25) is 5.60 Å². The molecule has 0 bridgehead atoms. The van der Waals surface area contributed by atoms with E-state index in [1.807, 2.05) is 52.0 Å². The summed E-state index contributed by atoms with van der Waals surface area (Å²) in [5.41, 5.74) is 6.02. The molecule has 0 spiro atoms. The van der Waals surface area contributed by atoms with Crippen LogP contribution in [0.3, 0.4) is 0 Å². The topological polar surface area (TPSA) is 187 Å². The summed E-state index contributed by atoms with van der Waals surface area (Å²) in [5.74, 6) is -0.773. The molecule has 4 aliphatic rings. The number of carbonyl (C=O) groups is 3. The molecule has 0 radical (unpaired) electrons. The Morgan fingerprint density at radius 1 is 0.921 bits per heavy atom. The second-order valence-electron chi connectivity index (χ2n) is 16.9. The number of aromatic hydroxyl groups is 3. The zero-order valence-electron chi connectivity index (χ0n) is 35.9. The largest absolute Gasteiger partial charge is 0.508 e. The second kappa shape index (κ2) is 15.7. The fourth-order valence-corrected chi connectivity index (χ4v) is 9.57. The summed E-state index contributed by atoms with van der Waals surface area (Å²) in [6, 6.07) is 17.0. The van der Waals surface area contributed by atoms with Gasteiger partial charge in [0.15, 0.2) is 0 Å². The summed E-state index contributed by atoms with van der Waals surface area (Å²) in [4.78, 5) is 65.8. The number of cyclic esters (lactones) is 1. The lowest BCUT2D eigenvalue weighted by Crippen LogP contribution is -2.53. The molecule has 3 amide bonds. The van der Waals surface area contributed by atoms with Crippen LogP contribution in [0.15, 0.2) is 71.0 Å². The van der Waals surface area contributed by atoms with Gasteiger partial charge >= 0.3 is 18.1 Å². The number of pyridine rings is 2. The van der Waals surface area contributed by atoms with Crippen LogP contribution in [0.1, 0.15) is 86.8 Å². The number of fused-ring (bicyclic) bond motifs is 5. The number of aryl methyl sites for hydroxylation is 1. The number of esters is 1. The number of urea groups is 1. The summed E-state index contributed by atoms with van der Waals surface area (Å²) in [6.45, 7) is 11.5. The van der Waals surface area contributed by atoms with Crippen LogP contribution in [0.2, 0.25) is 0 Å². The van der Waals surface area contributed by atoms with Crippen molar-refractivity contribution >= 4 is 46.1 Å². The lowest BCUT2D eigenvalue weighted by molar-refractivity contribution is -0.173. The second-order valence-corrected chi connectivity index (χ2v) is 16.9. The molecule has 5 aromatic rings. The average molecular weight is 855 g/mol. The SMILES string of the molecule is CCc1c2c(nc3ccc(O)cc13)-c1cc3c(c(=O)n1C2)COC(=O)C3(CC)OC(=O)N1CCN(c2ccc(N3C(=O)NCCC(C)=C3c3cc(C(C)C)c(O)cc3O)cc2)CC1. The molecule has 3 aromatic carbocycles. The first kappa shape index (κ1) is 41.3. The van der Waals surface area contributed by atoms with Crippen molar-refractivity contribution in [3.63, 3.8) is 0 Å². The molecule has 1 unspecified atom stereocenters.